The number of ketones is 13. The van der Waals surface area contributed by atoms with Crippen molar-refractivity contribution in [1.82, 2.24) is 0 Å². The van der Waals surface area contributed by atoms with Gasteiger partial charge in [0.25, 0.3) is 0 Å². The van der Waals surface area contributed by atoms with E-state index in [1.165, 1.54) is 42.9 Å². The van der Waals surface area contributed by atoms with Crippen LogP contribution in [-0.2, 0) is 86.0 Å². The highest BCUT2D eigenvalue weighted by Gasteiger charge is 2.18. The van der Waals surface area contributed by atoms with Crippen LogP contribution in [0.4, 0.5) is 0 Å². The van der Waals surface area contributed by atoms with Crippen LogP contribution < -0.4 is 0 Å². The molecule has 0 amide bonds. The van der Waals surface area contributed by atoms with Crippen molar-refractivity contribution >= 4 is 134 Å². The van der Waals surface area contributed by atoms with Crippen LogP contribution in [-0.4, -0.2) is 174 Å². The molecule has 150 heavy (non-hydrogen) atoms. The second-order valence-electron chi connectivity index (χ2n) is 46.8. The lowest BCUT2D eigenvalue weighted by molar-refractivity contribution is -0.131. The second-order valence-corrected chi connectivity index (χ2v) is 55.0. The van der Waals surface area contributed by atoms with Crippen molar-refractivity contribution in [2.24, 2.45) is 107 Å². The summed E-state index contributed by atoms with van der Waals surface area (Å²) in [5, 5.41) is 4.89. The molecule has 0 aromatic rings. The van der Waals surface area contributed by atoms with Crippen molar-refractivity contribution in [2.75, 3.05) is 42.5 Å². The normalized spacial score (nSPS) is 11.1. The SMILES string of the molecule is CC(C)C(=O)C/C=C/CC(=O)C(C)C.CC(C)C(=O)C/C=C\CC(=O)C(C)C.CC(C)C(=O)CC#CCC(=O)C(C)C.CC(C)C(=O)CC(=O)C(C)C.CC(C)C(=O)CCCC(=O)C(C)C.CC(C)CCC(=O)C(C)C.CC(C)CCCC(C)C.CC(C)CCOC(C)C.CC(C)CCSC(C)C.CC(C)OCC(=O)C(C)C.CC(C)OCOC(C)C.CC(C)OCSC(C)C.CC(C)SCC(=O)C(C)C.CC(C)SCSC(C)C. The zero-order valence-electron chi connectivity index (χ0n) is 108. The zero-order chi connectivity index (χ0) is 121. The van der Waals surface area contributed by atoms with Crippen molar-refractivity contribution in [3.63, 3.8) is 0 Å². The molecule has 0 aliphatic rings. The summed E-state index contributed by atoms with van der Waals surface area (Å²) in [4.78, 5) is 144. The van der Waals surface area contributed by atoms with Crippen LogP contribution in [0.25, 0.3) is 0 Å². The molecule has 0 aliphatic carbocycles. The number of hydrogen-bond acceptors (Lipinski definition) is 23. The average Bonchev–Trinajstić information content (AvgIpc) is 0.972. The van der Waals surface area contributed by atoms with Crippen LogP contribution in [0.1, 0.15) is 497 Å². The molecule has 18 nitrogen and oxygen atoms in total. The predicted octanol–water partition coefficient (Wildman–Crippen LogP) is 35.5. The van der Waals surface area contributed by atoms with Crippen LogP contribution in [0, 0.1) is 118 Å². The van der Waals surface area contributed by atoms with Crippen LogP contribution in [0.2, 0.25) is 0 Å². The fourth-order valence-electron chi connectivity index (χ4n) is 8.54. The molecule has 0 N–H and O–H groups in total. The number of thioether (sulfide) groups is 5. The van der Waals surface area contributed by atoms with E-state index in [0.29, 0.717) is 97.7 Å². The van der Waals surface area contributed by atoms with Gasteiger partial charge in [0.15, 0.2) is 5.78 Å². The molecular formula is C127H248O18S5. The van der Waals surface area contributed by atoms with Gasteiger partial charge in [0.05, 0.1) is 61.5 Å². The smallest absolute Gasteiger partial charge is 0.160 e. The molecule has 0 fully saturated rings. The molecule has 0 bridgehead atoms. The van der Waals surface area contributed by atoms with E-state index in [0.717, 1.165) is 64.8 Å². The maximum atomic E-state index is 11.2. The van der Waals surface area contributed by atoms with E-state index in [2.05, 4.69) is 190 Å². The lowest BCUT2D eigenvalue weighted by atomic mass is 9.98. The molecule has 0 unspecified atom stereocenters. The van der Waals surface area contributed by atoms with Crippen LogP contribution in [0.3, 0.4) is 0 Å². The van der Waals surface area contributed by atoms with Crippen LogP contribution >= 0.6 is 58.8 Å². The van der Waals surface area contributed by atoms with E-state index in [1.807, 2.05) is 257 Å². The maximum absolute atomic E-state index is 11.2. The van der Waals surface area contributed by atoms with Gasteiger partial charge in [-0.3, -0.25) is 62.3 Å². The Hall–Kier alpha value is -3.70. The van der Waals surface area contributed by atoms with Gasteiger partial charge in [0.2, 0.25) is 0 Å². The molecular weight excluding hydrogens is 1970 g/mol. The van der Waals surface area contributed by atoms with E-state index in [-0.39, 0.29) is 185 Å². The maximum Gasteiger partial charge on any atom is 0.160 e. The number of hydrogen-bond donors (Lipinski definition) is 0. The summed E-state index contributed by atoms with van der Waals surface area (Å²) in [5.41, 5.74) is 0. The Kier molecular flexibility index (Phi) is 140. The summed E-state index contributed by atoms with van der Waals surface area (Å²) >= 11 is 9.66. The molecule has 0 saturated heterocycles. The molecule has 0 radical (unpaired) electrons. The number of ether oxygens (including phenoxy) is 5. The van der Waals surface area contributed by atoms with Gasteiger partial charge in [-0.05, 0) is 151 Å². The Balaban J connectivity index is -0.000000111. The molecule has 0 saturated carbocycles. The third-order valence-corrected chi connectivity index (χ3v) is 25.8. The Morgan fingerprint density at radius 1 is 0.220 bits per heavy atom. The van der Waals surface area contributed by atoms with Crippen LogP contribution in [0.15, 0.2) is 24.3 Å². The Bertz CT molecular complexity index is 2900. The quantitative estimate of drug-likeness (QED) is 0.0237. The Morgan fingerprint density at radius 3 is 0.707 bits per heavy atom. The van der Waals surface area contributed by atoms with Crippen molar-refractivity contribution in [3.8, 4) is 11.8 Å². The number of carbonyl (C=O) groups is 13. The highest BCUT2D eigenvalue weighted by Crippen LogP contribution is 2.22. The van der Waals surface area contributed by atoms with Gasteiger partial charge < -0.3 is 23.7 Å². The molecule has 0 spiro atoms. The monoisotopic (exact) mass is 2220 g/mol. The van der Waals surface area contributed by atoms with Gasteiger partial charge in [-0.15, -0.1) is 35.3 Å². The predicted molar refractivity (Wildman–Crippen MR) is 666 cm³/mol. The molecule has 0 aliphatic heterocycles. The first-order chi connectivity index (χ1) is 68.6. The molecule has 0 rings (SSSR count). The van der Waals surface area contributed by atoms with Gasteiger partial charge in [-0.1, -0.05) is 374 Å². The fraction of sp³-hybridized carbons (Fsp3) is 0.850. The van der Waals surface area contributed by atoms with E-state index in [9.17, 15) is 62.3 Å². The summed E-state index contributed by atoms with van der Waals surface area (Å²) in [6.45, 7) is 115. The first kappa shape index (κ1) is 176. The van der Waals surface area contributed by atoms with Crippen molar-refractivity contribution in [3.05, 3.63) is 24.3 Å². The van der Waals surface area contributed by atoms with E-state index in [1.54, 1.807) is 36.1 Å². The largest absolute Gasteiger partial charge is 0.379 e. The number of carbonyl (C=O) groups excluding carboxylic acids is 13. The Morgan fingerprint density at radius 2 is 0.473 bits per heavy atom. The van der Waals surface area contributed by atoms with Gasteiger partial charge in [0, 0.05) is 139 Å². The lowest BCUT2D eigenvalue weighted by Gasteiger charge is -2.09. The lowest BCUT2D eigenvalue weighted by Crippen LogP contribution is -2.17. The van der Waals surface area contributed by atoms with E-state index in [4.69, 9.17) is 23.7 Å². The Labute approximate surface area is 952 Å². The van der Waals surface area contributed by atoms with E-state index >= 15 is 0 Å². The zero-order valence-corrected chi connectivity index (χ0v) is 112. The fourth-order valence-corrected chi connectivity index (χ4v) is 13.6. The summed E-state index contributed by atoms with van der Waals surface area (Å²) in [5.74, 6) is 16.2. The number of Topliss-reactive ketones (excluding diaryl/α,β-unsaturated/α-hetero) is 13. The third-order valence-electron chi connectivity index (χ3n) is 20.2. The standard InChI is InChI=1S/2C12H20O2.C12H18O2.C11H20O2.C9H16O2.C9H18O.C9H20.C8H16O2.C8H16OS.C8H18O.C8H18S.C7H16O2.C7H16OS.C7H16S2/c3*1-9(2)11(13)7-5-6-8-12(14)10(3)4;1-8(2)10(12)6-5-7-11(13)9(3)4;1-6(2)8(10)5-9(11)7(3)4;1-7(2)5-6-9(10)8(3)4;1-8(2)6-5-7-9(3)4;2*1-6(2)8(9)5-10-7(3)4;2*1-7(2)5-6-9-8(3)4;3*1-6(2)8-5-9-7(3)4/h2*5-6,9-10H,7-8H2,1-4H3;9-10H,7-8H2,1-4H3;8-9H,5-7H2,1-4H3;6-7H,5H2,1-4H3;7-8H,5-6H2,1-4H3;8-9H,5-7H2,1-4H3;2*6-7H,5H2,1-4H3;2*7-8H,5-6H2,1-4H3;3*6-7H,5H2,1-4H3/b6-5+;6-5-;;;;;;;;;;;;. The van der Waals surface area contributed by atoms with Gasteiger partial charge in [0.1, 0.15) is 82.8 Å². The van der Waals surface area contributed by atoms with E-state index < -0.39 is 0 Å². The minimum atomic E-state index is -0.0160. The molecule has 0 aromatic carbocycles. The minimum Gasteiger partial charge on any atom is -0.379 e. The molecule has 0 atom stereocenters. The van der Waals surface area contributed by atoms with Crippen molar-refractivity contribution in [1.29, 1.82) is 0 Å². The topological polar surface area (TPSA) is 268 Å². The summed E-state index contributed by atoms with van der Waals surface area (Å²) in [6.07, 6.45) is 21.4. The molecule has 23 heteroatoms. The van der Waals surface area contributed by atoms with Gasteiger partial charge in [-0.2, -0.15) is 23.5 Å². The summed E-state index contributed by atoms with van der Waals surface area (Å²) < 4.78 is 26.0. The van der Waals surface area contributed by atoms with Crippen molar-refractivity contribution < 1.29 is 86.0 Å². The second kappa shape index (κ2) is 119. The van der Waals surface area contributed by atoms with Crippen LogP contribution in [0.5, 0.6) is 0 Å². The van der Waals surface area contributed by atoms with Crippen molar-refractivity contribution in [2.45, 2.75) is 554 Å². The first-order valence-corrected chi connectivity index (χ1v) is 62.6. The molecule has 894 valence electrons. The third kappa shape index (κ3) is 175. The number of rotatable bonds is 62. The minimum absolute atomic E-state index is 0.0160. The average molecular weight is 2220 g/mol. The van der Waals surface area contributed by atoms with Gasteiger partial charge >= 0.3 is 0 Å². The highest BCUT2D eigenvalue weighted by molar-refractivity contribution is 8.16. The summed E-state index contributed by atoms with van der Waals surface area (Å²) in [6, 6.07) is 0. The number of allylic oxidation sites excluding steroid dienone is 4. The van der Waals surface area contributed by atoms with Gasteiger partial charge in [-0.25, -0.2) is 0 Å². The molecule has 0 aromatic heterocycles. The highest BCUT2D eigenvalue weighted by atomic mass is 32.2. The summed E-state index contributed by atoms with van der Waals surface area (Å²) in [7, 11) is 0. The molecule has 0 heterocycles. The first-order valence-electron chi connectivity index (χ1n) is 57.4.